The second kappa shape index (κ2) is 3.65. The summed E-state index contributed by atoms with van der Waals surface area (Å²) in [6, 6.07) is 3.67. The average Bonchev–Trinajstić information content (AvgIpc) is 2.86. The van der Waals surface area contributed by atoms with Gasteiger partial charge in [0.25, 0.3) is 0 Å². The van der Waals surface area contributed by atoms with Gasteiger partial charge in [0.2, 0.25) is 0 Å². The SMILES string of the molecule is CC1(Nc2ccc(C(F)(F)F)cc2Br)CC1. The molecule has 0 amide bonds. The molecule has 1 aromatic carbocycles. The van der Waals surface area contributed by atoms with E-state index in [-0.39, 0.29) is 5.54 Å². The summed E-state index contributed by atoms with van der Waals surface area (Å²) in [5.41, 5.74) is 0.140. The molecule has 2 rings (SSSR count). The number of hydrogen-bond donors (Lipinski definition) is 1. The number of nitrogens with one attached hydrogen (secondary N) is 1. The van der Waals surface area contributed by atoms with Gasteiger partial charge in [0, 0.05) is 15.7 Å². The molecule has 0 heterocycles. The smallest absolute Gasteiger partial charge is 0.379 e. The summed E-state index contributed by atoms with van der Waals surface area (Å²) in [5.74, 6) is 0. The number of halogens is 4. The normalized spacial score (nSPS) is 18.3. The number of alkyl halides is 3. The molecule has 0 radical (unpaired) electrons. The molecule has 1 aliphatic rings. The number of hydrogen-bond acceptors (Lipinski definition) is 1. The summed E-state index contributed by atoms with van der Waals surface area (Å²) in [6.07, 6.45) is -2.18. The lowest BCUT2D eigenvalue weighted by Crippen LogP contribution is -2.16. The van der Waals surface area contributed by atoms with E-state index in [0.29, 0.717) is 10.2 Å². The number of rotatable bonds is 2. The summed E-state index contributed by atoms with van der Waals surface area (Å²) in [4.78, 5) is 0. The van der Waals surface area contributed by atoms with E-state index in [4.69, 9.17) is 0 Å². The van der Waals surface area contributed by atoms with Crippen molar-refractivity contribution in [2.75, 3.05) is 5.32 Å². The maximum atomic E-state index is 12.4. The van der Waals surface area contributed by atoms with Gasteiger partial charge in [0.15, 0.2) is 0 Å². The molecule has 0 unspecified atom stereocenters. The third-order valence-electron chi connectivity index (χ3n) is 2.73. The van der Waals surface area contributed by atoms with Gasteiger partial charge in [-0.15, -0.1) is 0 Å². The Bertz CT molecular complexity index is 410. The van der Waals surface area contributed by atoms with Crippen LogP contribution in [0.4, 0.5) is 18.9 Å². The third-order valence-corrected chi connectivity index (χ3v) is 3.39. The highest BCUT2D eigenvalue weighted by Crippen LogP contribution is 2.41. The van der Waals surface area contributed by atoms with E-state index in [2.05, 4.69) is 28.2 Å². The van der Waals surface area contributed by atoms with Crippen molar-refractivity contribution in [3.05, 3.63) is 28.2 Å². The van der Waals surface area contributed by atoms with Crippen LogP contribution in [0.1, 0.15) is 25.3 Å². The first kappa shape index (κ1) is 11.8. The minimum Gasteiger partial charge on any atom is -0.379 e. The van der Waals surface area contributed by atoms with Gasteiger partial charge in [-0.1, -0.05) is 0 Å². The lowest BCUT2D eigenvalue weighted by Gasteiger charge is -2.16. The Morgan fingerprint density at radius 3 is 2.38 bits per heavy atom. The maximum Gasteiger partial charge on any atom is 0.416 e. The van der Waals surface area contributed by atoms with E-state index < -0.39 is 11.7 Å². The van der Waals surface area contributed by atoms with Crippen molar-refractivity contribution in [3.8, 4) is 0 Å². The summed E-state index contributed by atoms with van der Waals surface area (Å²) < 4.78 is 37.7. The Morgan fingerprint density at radius 1 is 1.31 bits per heavy atom. The number of benzene rings is 1. The molecular formula is C11H11BrF3N. The highest BCUT2D eigenvalue weighted by molar-refractivity contribution is 9.10. The predicted octanol–water partition coefficient (Wildman–Crippen LogP) is 4.43. The van der Waals surface area contributed by atoms with Crippen LogP contribution in [0, 0.1) is 0 Å². The van der Waals surface area contributed by atoms with E-state index in [0.717, 1.165) is 25.0 Å². The lowest BCUT2D eigenvalue weighted by molar-refractivity contribution is -0.137. The third kappa shape index (κ3) is 2.51. The first-order valence-electron chi connectivity index (χ1n) is 4.95. The topological polar surface area (TPSA) is 12.0 Å². The fraction of sp³-hybridized carbons (Fsp3) is 0.455. The molecule has 1 N–H and O–H groups in total. The van der Waals surface area contributed by atoms with Crippen LogP contribution in [0.25, 0.3) is 0 Å². The van der Waals surface area contributed by atoms with E-state index in [1.807, 2.05) is 0 Å². The van der Waals surface area contributed by atoms with Gasteiger partial charge < -0.3 is 5.32 Å². The van der Waals surface area contributed by atoms with E-state index in [1.165, 1.54) is 6.07 Å². The fourth-order valence-electron chi connectivity index (χ4n) is 1.43. The summed E-state index contributed by atoms with van der Waals surface area (Å²) in [5, 5.41) is 3.22. The zero-order chi connectivity index (χ0) is 12.0. The predicted molar refractivity (Wildman–Crippen MR) is 60.4 cm³/mol. The van der Waals surface area contributed by atoms with Crippen molar-refractivity contribution >= 4 is 21.6 Å². The molecule has 1 nitrogen and oxygen atoms in total. The van der Waals surface area contributed by atoms with E-state index >= 15 is 0 Å². The summed E-state index contributed by atoms with van der Waals surface area (Å²) in [6.45, 7) is 2.05. The van der Waals surface area contributed by atoms with E-state index in [9.17, 15) is 13.2 Å². The first-order chi connectivity index (χ1) is 7.30. The van der Waals surface area contributed by atoms with Gasteiger partial charge in [0.05, 0.1) is 5.56 Å². The Balaban J connectivity index is 2.23. The molecule has 88 valence electrons. The zero-order valence-electron chi connectivity index (χ0n) is 8.66. The minimum atomic E-state index is -4.29. The van der Waals surface area contributed by atoms with Crippen molar-refractivity contribution in [3.63, 3.8) is 0 Å². The molecule has 1 fully saturated rings. The summed E-state index contributed by atoms with van der Waals surface area (Å²) in [7, 11) is 0. The molecule has 0 aromatic heterocycles. The second-order valence-electron chi connectivity index (χ2n) is 4.38. The highest BCUT2D eigenvalue weighted by atomic mass is 79.9. The lowest BCUT2D eigenvalue weighted by atomic mass is 10.2. The van der Waals surface area contributed by atoms with Crippen molar-refractivity contribution in [2.24, 2.45) is 0 Å². The summed E-state index contributed by atoms with van der Waals surface area (Å²) >= 11 is 3.16. The molecular weight excluding hydrogens is 283 g/mol. The van der Waals surface area contributed by atoms with Crippen molar-refractivity contribution in [1.82, 2.24) is 0 Å². The van der Waals surface area contributed by atoms with E-state index in [1.54, 1.807) is 0 Å². The minimum absolute atomic E-state index is 0.0578. The maximum absolute atomic E-state index is 12.4. The van der Waals surface area contributed by atoms with Crippen LogP contribution in [0.2, 0.25) is 0 Å². The Morgan fingerprint density at radius 2 is 1.94 bits per heavy atom. The van der Waals surface area contributed by atoms with Gasteiger partial charge in [-0.3, -0.25) is 0 Å². The number of anilines is 1. The largest absolute Gasteiger partial charge is 0.416 e. The van der Waals surface area contributed by atoms with Gasteiger partial charge in [-0.25, -0.2) is 0 Å². The molecule has 16 heavy (non-hydrogen) atoms. The molecule has 0 saturated heterocycles. The van der Waals surface area contributed by atoms with Crippen molar-refractivity contribution < 1.29 is 13.2 Å². The first-order valence-corrected chi connectivity index (χ1v) is 5.74. The quantitative estimate of drug-likeness (QED) is 0.850. The molecule has 0 atom stereocenters. The van der Waals surface area contributed by atoms with Crippen LogP contribution < -0.4 is 5.32 Å². The van der Waals surface area contributed by atoms with Gasteiger partial charge in [0.1, 0.15) is 0 Å². The van der Waals surface area contributed by atoms with Crippen LogP contribution >= 0.6 is 15.9 Å². The standard InChI is InChI=1S/C11H11BrF3N/c1-10(4-5-10)16-9-3-2-7(6-8(9)12)11(13,14)15/h2-3,6,16H,4-5H2,1H3. The van der Waals surface area contributed by atoms with Crippen LogP contribution in [0.5, 0.6) is 0 Å². The Hall–Kier alpha value is -0.710. The zero-order valence-corrected chi connectivity index (χ0v) is 10.2. The fourth-order valence-corrected chi connectivity index (χ4v) is 1.91. The van der Waals surface area contributed by atoms with Crippen LogP contribution in [0.15, 0.2) is 22.7 Å². The monoisotopic (exact) mass is 293 g/mol. The Labute approximate surface area is 100 Å². The average molecular weight is 294 g/mol. The van der Waals surface area contributed by atoms with Crippen LogP contribution in [-0.2, 0) is 6.18 Å². The molecule has 1 aromatic rings. The second-order valence-corrected chi connectivity index (χ2v) is 5.23. The van der Waals surface area contributed by atoms with Crippen molar-refractivity contribution in [2.45, 2.75) is 31.5 Å². The molecule has 1 aliphatic carbocycles. The Kier molecular flexibility index (Phi) is 2.69. The highest BCUT2D eigenvalue weighted by Gasteiger charge is 2.38. The molecule has 5 heteroatoms. The molecule has 0 spiro atoms. The molecule has 0 bridgehead atoms. The van der Waals surface area contributed by atoms with Crippen LogP contribution in [0.3, 0.4) is 0 Å². The van der Waals surface area contributed by atoms with Gasteiger partial charge >= 0.3 is 6.18 Å². The van der Waals surface area contributed by atoms with Gasteiger partial charge in [-0.2, -0.15) is 13.2 Å². The van der Waals surface area contributed by atoms with Crippen molar-refractivity contribution in [1.29, 1.82) is 0 Å². The molecule has 1 saturated carbocycles. The van der Waals surface area contributed by atoms with Crippen LogP contribution in [-0.4, -0.2) is 5.54 Å². The molecule has 0 aliphatic heterocycles. The van der Waals surface area contributed by atoms with Gasteiger partial charge in [-0.05, 0) is 53.9 Å².